The Morgan fingerprint density at radius 3 is 2.71 bits per heavy atom. The van der Waals surface area contributed by atoms with Crippen molar-refractivity contribution < 1.29 is 9.18 Å². The fraction of sp³-hybridized carbons (Fsp3) is 0.250. The third-order valence-electron chi connectivity index (χ3n) is 6.67. The number of aromatic nitrogens is 1. The number of nitrogens with two attached hydrogens (primary N) is 1. The standard InChI is InChI=1S/C28H28FN3OS/c1-17(19-6-3-7-22(29)12-19)32-28(33)24-15-31-26-11-9-20(13-23(24)26)21-8-10-25(30)27(14-21)34-16-18-4-2-5-18/h3,6-15,17-18,31H,2,4-5,16,30H2,1H3,(H,32,33). The lowest BCUT2D eigenvalue weighted by Gasteiger charge is -2.25. The third-order valence-corrected chi connectivity index (χ3v) is 7.97. The quantitative estimate of drug-likeness (QED) is 0.201. The van der Waals surface area contributed by atoms with Crippen LogP contribution in [0.5, 0.6) is 0 Å². The zero-order valence-electron chi connectivity index (χ0n) is 19.1. The first-order valence-corrected chi connectivity index (χ1v) is 12.7. The van der Waals surface area contributed by atoms with Crippen molar-refractivity contribution in [1.82, 2.24) is 10.3 Å². The molecule has 1 unspecified atom stereocenters. The summed E-state index contributed by atoms with van der Waals surface area (Å²) in [6.07, 6.45) is 5.71. The molecule has 1 amide bonds. The van der Waals surface area contributed by atoms with Gasteiger partial charge in [-0.05, 0) is 78.8 Å². The topological polar surface area (TPSA) is 70.9 Å². The van der Waals surface area contributed by atoms with Crippen molar-refractivity contribution >= 4 is 34.3 Å². The summed E-state index contributed by atoms with van der Waals surface area (Å²) in [7, 11) is 0. The van der Waals surface area contributed by atoms with Crippen molar-refractivity contribution in [1.29, 1.82) is 0 Å². The second-order valence-electron chi connectivity index (χ2n) is 9.07. The van der Waals surface area contributed by atoms with Crippen molar-refractivity contribution in [2.45, 2.75) is 37.1 Å². The second kappa shape index (κ2) is 9.55. The number of amides is 1. The maximum absolute atomic E-state index is 13.6. The van der Waals surface area contributed by atoms with Gasteiger partial charge in [0, 0.05) is 33.4 Å². The van der Waals surface area contributed by atoms with Gasteiger partial charge in [-0.25, -0.2) is 4.39 Å². The molecule has 0 bridgehead atoms. The van der Waals surface area contributed by atoms with Gasteiger partial charge in [-0.1, -0.05) is 30.7 Å². The molecule has 1 atom stereocenters. The van der Waals surface area contributed by atoms with Gasteiger partial charge in [0.2, 0.25) is 0 Å². The minimum absolute atomic E-state index is 0.200. The van der Waals surface area contributed by atoms with E-state index in [2.05, 4.69) is 22.4 Å². The number of hydrogen-bond donors (Lipinski definition) is 3. The number of benzene rings is 3. The van der Waals surface area contributed by atoms with Crippen LogP contribution >= 0.6 is 11.8 Å². The average Bonchev–Trinajstić information content (AvgIpc) is 3.22. The third kappa shape index (κ3) is 4.68. The van der Waals surface area contributed by atoms with E-state index in [1.807, 2.05) is 49.0 Å². The molecule has 4 N–H and O–H groups in total. The molecule has 1 saturated carbocycles. The average molecular weight is 474 g/mol. The number of anilines is 1. The summed E-state index contributed by atoms with van der Waals surface area (Å²) in [5.41, 5.74) is 11.3. The van der Waals surface area contributed by atoms with Gasteiger partial charge < -0.3 is 16.0 Å². The zero-order chi connectivity index (χ0) is 23.7. The summed E-state index contributed by atoms with van der Waals surface area (Å²) in [5, 5.41) is 3.84. The Balaban J connectivity index is 1.39. The van der Waals surface area contributed by atoms with E-state index >= 15 is 0 Å². The smallest absolute Gasteiger partial charge is 0.253 e. The predicted octanol–water partition coefficient (Wildman–Crippen LogP) is 6.94. The van der Waals surface area contributed by atoms with Crippen LogP contribution < -0.4 is 11.1 Å². The van der Waals surface area contributed by atoms with Gasteiger partial charge >= 0.3 is 0 Å². The summed E-state index contributed by atoms with van der Waals surface area (Å²) in [6.45, 7) is 1.85. The number of halogens is 1. The van der Waals surface area contributed by atoms with Gasteiger partial charge in [0.25, 0.3) is 5.91 Å². The summed E-state index contributed by atoms with van der Waals surface area (Å²) in [4.78, 5) is 17.4. The fourth-order valence-corrected chi connectivity index (χ4v) is 5.52. The van der Waals surface area contributed by atoms with Gasteiger partial charge in [0.1, 0.15) is 5.82 Å². The Morgan fingerprint density at radius 2 is 1.94 bits per heavy atom. The number of fused-ring (bicyclic) bond motifs is 1. The molecule has 6 heteroatoms. The molecule has 4 aromatic rings. The van der Waals surface area contributed by atoms with Gasteiger partial charge in [0.15, 0.2) is 0 Å². The summed E-state index contributed by atoms with van der Waals surface area (Å²) in [5.74, 6) is 1.40. The Hall–Kier alpha value is -3.25. The molecule has 0 saturated heterocycles. The van der Waals surface area contributed by atoms with Crippen LogP contribution in [0.4, 0.5) is 10.1 Å². The Kier molecular flexibility index (Phi) is 6.33. The highest BCUT2D eigenvalue weighted by Gasteiger charge is 2.19. The number of H-pyrrole nitrogens is 1. The number of nitrogen functional groups attached to an aromatic ring is 1. The van der Waals surface area contributed by atoms with E-state index in [1.165, 1.54) is 31.4 Å². The monoisotopic (exact) mass is 473 g/mol. The van der Waals surface area contributed by atoms with Crippen LogP contribution in [0.15, 0.2) is 71.8 Å². The van der Waals surface area contributed by atoms with Crippen LogP contribution in [0, 0.1) is 11.7 Å². The second-order valence-corrected chi connectivity index (χ2v) is 10.1. The number of rotatable bonds is 7. The molecule has 4 nitrogen and oxygen atoms in total. The molecule has 1 aliphatic rings. The first kappa shape index (κ1) is 22.5. The number of hydrogen-bond acceptors (Lipinski definition) is 3. The minimum atomic E-state index is -0.316. The van der Waals surface area contributed by atoms with E-state index in [0.717, 1.165) is 49.8 Å². The van der Waals surface area contributed by atoms with E-state index in [-0.39, 0.29) is 17.8 Å². The maximum atomic E-state index is 13.6. The highest BCUT2D eigenvalue weighted by Crippen LogP contribution is 2.37. The normalized spacial score (nSPS) is 14.6. The van der Waals surface area contributed by atoms with Crippen molar-refractivity contribution in [2.24, 2.45) is 5.92 Å². The SMILES string of the molecule is CC(NC(=O)c1c[nH]c2ccc(-c3ccc(N)c(SCC4CCC4)c3)cc12)c1cccc(F)c1. The van der Waals surface area contributed by atoms with Crippen LogP contribution in [0.2, 0.25) is 0 Å². The van der Waals surface area contributed by atoms with Crippen LogP contribution in [0.3, 0.4) is 0 Å². The summed E-state index contributed by atoms with van der Waals surface area (Å²) < 4.78 is 13.6. The molecule has 174 valence electrons. The van der Waals surface area contributed by atoms with Gasteiger partial charge in [-0.15, -0.1) is 11.8 Å². The van der Waals surface area contributed by atoms with Crippen LogP contribution in [-0.4, -0.2) is 16.6 Å². The first-order chi connectivity index (χ1) is 16.5. The zero-order valence-corrected chi connectivity index (χ0v) is 19.9. The molecule has 1 aromatic heterocycles. The van der Waals surface area contributed by atoms with Crippen molar-refractivity contribution in [2.75, 3.05) is 11.5 Å². The van der Waals surface area contributed by atoms with Crippen LogP contribution in [-0.2, 0) is 0 Å². The lowest BCUT2D eigenvalue weighted by Crippen LogP contribution is -2.26. The molecule has 1 aliphatic carbocycles. The van der Waals surface area contributed by atoms with E-state index in [0.29, 0.717) is 5.56 Å². The molecule has 0 spiro atoms. The molecule has 34 heavy (non-hydrogen) atoms. The van der Waals surface area contributed by atoms with Crippen molar-refractivity contribution in [3.8, 4) is 11.1 Å². The number of aromatic amines is 1. The molecule has 1 fully saturated rings. The molecular weight excluding hydrogens is 445 g/mol. The molecule has 0 aliphatic heterocycles. The van der Waals surface area contributed by atoms with Crippen LogP contribution in [0.25, 0.3) is 22.0 Å². The lowest BCUT2D eigenvalue weighted by atomic mass is 9.87. The summed E-state index contributed by atoms with van der Waals surface area (Å²) in [6, 6.07) is 18.2. The highest BCUT2D eigenvalue weighted by molar-refractivity contribution is 7.99. The first-order valence-electron chi connectivity index (χ1n) is 11.7. The molecule has 5 rings (SSSR count). The molecular formula is C28H28FN3OS. The molecule has 0 radical (unpaired) electrons. The van der Waals surface area contributed by atoms with E-state index in [9.17, 15) is 9.18 Å². The Labute approximate surface area is 203 Å². The van der Waals surface area contributed by atoms with Gasteiger partial charge in [-0.2, -0.15) is 0 Å². The van der Waals surface area contributed by atoms with Crippen molar-refractivity contribution in [3.05, 3.63) is 83.8 Å². The van der Waals surface area contributed by atoms with Crippen molar-refractivity contribution in [3.63, 3.8) is 0 Å². The minimum Gasteiger partial charge on any atom is -0.398 e. The number of carbonyl (C=O) groups is 1. The van der Waals surface area contributed by atoms with E-state index in [1.54, 1.807) is 12.3 Å². The lowest BCUT2D eigenvalue weighted by molar-refractivity contribution is 0.0941. The summed E-state index contributed by atoms with van der Waals surface area (Å²) >= 11 is 1.84. The number of carbonyl (C=O) groups excluding carboxylic acids is 1. The highest BCUT2D eigenvalue weighted by atomic mass is 32.2. The Morgan fingerprint density at radius 1 is 1.15 bits per heavy atom. The van der Waals surface area contributed by atoms with Gasteiger partial charge in [0.05, 0.1) is 11.6 Å². The predicted molar refractivity (Wildman–Crippen MR) is 138 cm³/mol. The fourth-order valence-electron chi connectivity index (χ4n) is 4.33. The number of nitrogens with one attached hydrogen (secondary N) is 2. The molecule has 3 aromatic carbocycles. The maximum Gasteiger partial charge on any atom is 0.253 e. The Bertz CT molecular complexity index is 1340. The molecule has 1 heterocycles. The van der Waals surface area contributed by atoms with E-state index < -0.39 is 0 Å². The largest absolute Gasteiger partial charge is 0.398 e. The van der Waals surface area contributed by atoms with Gasteiger partial charge in [-0.3, -0.25) is 4.79 Å². The number of thioether (sulfide) groups is 1. The van der Waals surface area contributed by atoms with E-state index in [4.69, 9.17) is 5.73 Å². The van der Waals surface area contributed by atoms with Crippen LogP contribution in [0.1, 0.15) is 48.1 Å².